The van der Waals surface area contributed by atoms with E-state index in [4.69, 9.17) is 9.47 Å². The van der Waals surface area contributed by atoms with Crippen LogP contribution in [0, 0.1) is 0 Å². The zero-order chi connectivity index (χ0) is 21.3. The highest BCUT2D eigenvalue weighted by atomic mass is 16.5. The van der Waals surface area contributed by atoms with Gasteiger partial charge in [-0.05, 0) is 75.4 Å². The minimum atomic E-state index is -0.0480. The Morgan fingerprint density at radius 2 is 1.00 bits per heavy atom. The highest BCUT2D eigenvalue weighted by Crippen LogP contribution is 2.19. The Hall–Kier alpha value is -1.58. The molecule has 4 nitrogen and oxygen atoms in total. The highest BCUT2D eigenvalue weighted by molar-refractivity contribution is 5.69. The molecule has 0 N–H and O–H groups in total. The highest BCUT2D eigenvalue weighted by Gasteiger charge is 2.09. The molecule has 2 aliphatic carbocycles. The summed E-state index contributed by atoms with van der Waals surface area (Å²) >= 11 is 0. The van der Waals surface area contributed by atoms with Gasteiger partial charge in [0.05, 0.1) is 0 Å². The molecular weight excluding hydrogens is 376 g/mol. The fraction of sp³-hybridized carbons (Fsp3) is 0.769. The molecule has 2 aliphatic rings. The summed E-state index contributed by atoms with van der Waals surface area (Å²) in [5.41, 5.74) is 2.59. The first-order valence-electron chi connectivity index (χ1n) is 12.4. The molecule has 0 aromatic heterocycles. The lowest BCUT2D eigenvalue weighted by Gasteiger charge is -2.12. The molecule has 0 aliphatic heterocycles. The van der Waals surface area contributed by atoms with Crippen molar-refractivity contribution in [2.45, 2.75) is 116 Å². The van der Waals surface area contributed by atoms with E-state index >= 15 is 0 Å². The van der Waals surface area contributed by atoms with E-state index in [0.29, 0.717) is 26.1 Å². The Morgan fingerprint density at radius 1 is 0.600 bits per heavy atom. The Labute approximate surface area is 183 Å². The average Bonchev–Trinajstić information content (AvgIpc) is 2.79. The van der Waals surface area contributed by atoms with Gasteiger partial charge in [0.1, 0.15) is 13.2 Å². The van der Waals surface area contributed by atoms with Gasteiger partial charge < -0.3 is 9.47 Å². The van der Waals surface area contributed by atoms with Crippen molar-refractivity contribution < 1.29 is 19.1 Å². The molecule has 0 amide bonds. The van der Waals surface area contributed by atoms with E-state index in [1.54, 1.807) is 0 Å². The van der Waals surface area contributed by atoms with Crippen LogP contribution in [0.25, 0.3) is 0 Å². The van der Waals surface area contributed by atoms with Crippen LogP contribution in [-0.2, 0) is 19.1 Å². The van der Waals surface area contributed by atoms with Gasteiger partial charge >= 0.3 is 11.9 Å². The van der Waals surface area contributed by atoms with Crippen LogP contribution in [0.5, 0.6) is 0 Å². The lowest BCUT2D eigenvalue weighted by molar-refractivity contribution is -0.143. The van der Waals surface area contributed by atoms with Gasteiger partial charge in [0, 0.05) is 12.8 Å². The van der Waals surface area contributed by atoms with E-state index in [2.05, 4.69) is 12.2 Å². The summed E-state index contributed by atoms with van der Waals surface area (Å²) in [5.74, 6) is -0.0960. The summed E-state index contributed by atoms with van der Waals surface area (Å²) < 4.78 is 10.8. The Kier molecular flexibility index (Phi) is 13.3. The predicted octanol–water partition coefficient (Wildman–Crippen LogP) is 6.97. The second-order valence-electron chi connectivity index (χ2n) is 8.87. The van der Waals surface area contributed by atoms with Crippen molar-refractivity contribution in [3.05, 3.63) is 23.3 Å². The molecule has 0 radical (unpaired) electrons. The summed E-state index contributed by atoms with van der Waals surface area (Å²) in [6.07, 6.45) is 23.8. The normalized spacial score (nSPS) is 16.5. The van der Waals surface area contributed by atoms with Crippen LogP contribution in [0.15, 0.2) is 23.3 Å². The average molecular weight is 419 g/mol. The Morgan fingerprint density at radius 3 is 1.37 bits per heavy atom. The van der Waals surface area contributed by atoms with E-state index in [1.807, 2.05) is 0 Å². The van der Waals surface area contributed by atoms with Crippen molar-refractivity contribution in [2.75, 3.05) is 13.2 Å². The summed E-state index contributed by atoms with van der Waals surface area (Å²) in [5, 5.41) is 0. The molecule has 2 rings (SSSR count). The fourth-order valence-electron chi connectivity index (χ4n) is 4.16. The van der Waals surface area contributed by atoms with Gasteiger partial charge in [-0.25, -0.2) is 0 Å². The smallest absolute Gasteiger partial charge is 0.306 e. The third kappa shape index (κ3) is 12.2. The van der Waals surface area contributed by atoms with E-state index in [9.17, 15) is 9.59 Å². The summed E-state index contributed by atoms with van der Waals surface area (Å²) in [6, 6.07) is 0. The molecule has 0 saturated heterocycles. The first kappa shape index (κ1) is 24.7. The van der Waals surface area contributed by atoms with Gasteiger partial charge in [0.15, 0.2) is 0 Å². The van der Waals surface area contributed by atoms with Gasteiger partial charge in [-0.15, -0.1) is 0 Å². The number of allylic oxidation sites excluding steroid dienone is 2. The van der Waals surface area contributed by atoms with Crippen molar-refractivity contribution in [1.29, 1.82) is 0 Å². The standard InChI is InChI=1S/C26H42O4/c27-25(29-21-23-15-9-7-10-16-23)19-13-5-3-1-2-4-6-14-20-26(28)30-22-24-17-11-8-12-18-24/h15,17H,1-14,16,18-22H2. The lowest BCUT2D eigenvalue weighted by atomic mass is 10.0. The summed E-state index contributed by atoms with van der Waals surface area (Å²) in [6.45, 7) is 1.01. The van der Waals surface area contributed by atoms with Gasteiger partial charge in [0.25, 0.3) is 0 Å². The number of carbonyl (C=O) groups excluding carboxylic acids is 2. The van der Waals surface area contributed by atoms with Crippen LogP contribution in [-0.4, -0.2) is 25.2 Å². The molecule has 0 saturated carbocycles. The molecule has 0 unspecified atom stereocenters. The van der Waals surface area contributed by atoms with Crippen molar-refractivity contribution in [3.63, 3.8) is 0 Å². The number of carbonyl (C=O) groups is 2. The van der Waals surface area contributed by atoms with Gasteiger partial charge in [0.2, 0.25) is 0 Å². The van der Waals surface area contributed by atoms with Crippen molar-refractivity contribution in [2.24, 2.45) is 0 Å². The molecule has 0 bridgehead atoms. The quantitative estimate of drug-likeness (QED) is 0.164. The molecule has 170 valence electrons. The maximum Gasteiger partial charge on any atom is 0.306 e. The second-order valence-corrected chi connectivity index (χ2v) is 8.87. The molecule has 30 heavy (non-hydrogen) atoms. The zero-order valence-electron chi connectivity index (χ0n) is 18.9. The van der Waals surface area contributed by atoms with Gasteiger partial charge in [-0.3, -0.25) is 9.59 Å². The van der Waals surface area contributed by atoms with Gasteiger partial charge in [-0.2, -0.15) is 0 Å². The molecule has 0 fully saturated rings. The largest absolute Gasteiger partial charge is 0.461 e. The summed E-state index contributed by atoms with van der Waals surface area (Å²) in [4.78, 5) is 23.6. The summed E-state index contributed by atoms with van der Waals surface area (Å²) in [7, 11) is 0. The SMILES string of the molecule is O=C(CCCCCCCCCCC(=O)OCC1=CCCCC1)OCC1=CCCCC1. The van der Waals surface area contributed by atoms with Crippen LogP contribution in [0.4, 0.5) is 0 Å². The third-order valence-corrected chi connectivity index (χ3v) is 6.12. The second kappa shape index (κ2) is 16.2. The number of hydrogen-bond donors (Lipinski definition) is 0. The van der Waals surface area contributed by atoms with Crippen LogP contribution in [0.3, 0.4) is 0 Å². The van der Waals surface area contributed by atoms with E-state index in [0.717, 1.165) is 51.4 Å². The Bertz CT molecular complexity index is 511. The number of unbranched alkanes of at least 4 members (excludes halogenated alkanes) is 7. The first-order chi connectivity index (χ1) is 14.7. The van der Waals surface area contributed by atoms with Crippen LogP contribution in [0.1, 0.15) is 116 Å². The number of esters is 2. The molecular formula is C26H42O4. The first-order valence-corrected chi connectivity index (χ1v) is 12.4. The van der Waals surface area contributed by atoms with Crippen molar-refractivity contribution in [3.8, 4) is 0 Å². The molecule has 4 heteroatoms. The van der Waals surface area contributed by atoms with Crippen molar-refractivity contribution in [1.82, 2.24) is 0 Å². The van der Waals surface area contributed by atoms with E-state index in [1.165, 1.54) is 62.5 Å². The molecule has 0 spiro atoms. The third-order valence-electron chi connectivity index (χ3n) is 6.12. The predicted molar refractivity (Wildman–Crippen MR) is 121 cm³/mol. The molecule has 0 aromatic rings. The maximum absolute atomic E-state index is 11.8. The minimum Gasteiger partial charge on any atom is -0.461 e. The van der Waals surface area contributed by atoms with E-state index in [-0.39, 0.29) is 11.9 Å². The van der Waals surface area contributed by atoms with E-state index < -0.39 is 0 Å². The minimum absolute atomic E-state index is 0.0480. The monoisotopic (exact) mass is 418 g/mol. The number of hydrogen-bond acceptors (Lipinski definition) is 4. The lowest BCUT2D eigenvalue weighted by Crippen LogP contribution is -2.08. The molecule has 0 heterocycles. The fourth-order valence-corrected chi connectivity index (χ4v) is 4.16. The van der Waals surface area contributed by atoms with Gasteiger partial charge in [-0.1, -0.05) is 50.7 Å². The number of ether oxygens (including phenoxy) is 2. The topological polar surface area (TPSA) is 52.6 Å². The van der Waals surface area contributed by atoms with Crippen LogP contribution < -0.4 is 0 Å². The molecule has 0 aromatic carbocycles. The molecule has 0 atom stereocenters. The van der Waals surface area contributed by atoms with Crippen LogP contribution in [0.2, 0.25) is 0 Å². The Balaban J connectivity index is 1.32. The maximum atomic E-state index is 11.8. The van der Waals surface area contributed by atoms with Crippen molar-refractivity contribution >= 4 is 11.9 Å². The zero-order valence-corrected chi connectivity index (χ0v) is 18.9. The number of rotatable bonds is 15. The van der Waals surface area contributed by atoms with Crippen LogP contribution >= 0.6 is 0 Å².